The smallest absolute Gasteiger partial charge is 0.340 e. The average molecular weight is 279 g/mol. The highest BCUT2D eigenvalue weighted by atomic mass is 16.7. The zero-order chi connectivity index (χ0) is 15.3. The molecule has 20 heavy (non-hydrogen) atoms. The molecule has 0 radical (unpaired) electrons. The summed E-state index contributed by atoms with van der Waals surface area (Å²) in [7, 11) is 3.15. The van der Waals surface area contributed by atoms with E-state index in [-0.39, 0.29) is 5.97 Å². The van der Waals surface area contributed by atoms with Gasteiger partial charge in [0, 0.05) is 11.6 Å². The third-order valence-corrected chi connectivity index (χ3v) is 2.68. The lowest BCUT2D eigenvalue weighted by molar-refractivity contribution is -0.152. The molecule has 0 heterocycles. The van der Waals surface area contributed by atoms with E-state index in [1.54, 1.807) is 60.1 Å². The minimum absolute atomic E-state index is 0.385. The summed E-state index contributed by atoms with van der Waals surface area (Å²) < 4.78 is 10.4. The van der Waals surface area contributed by atoms with Gasteiger partial charge < -0.3 is 14.3 Å². The van der Waals surface area contributed by atoms with Crippen LogP contribution in [0.25, 0.3) is 0 Å². The normalized spacial score (nSPS) is 12.0. The van der Waals surface area contributed by atoms with Crippen molar-refractivity contribution in [3.8, 4) is 11.5 Å². The molecule has 0 unspecified atom stereocenters. The van der Waals surface area contributed by atoms with E-state index in [1.807, 2.05) is 0 Å². The highest BCUT2D eigenvalue weighted by Gasteiger charge is 2.23. The fraction of sp³-hybridized carbons (Fsp3) is 0.467. The van der Waals surface area contributed by atoms with Crippen LogP contribution in [-0.4, -0.2) is 25.9 Å². The third-order valence-electron chi connectivity index (χ3n) is 2.68. The number of rotatable bonds is 4. The molecule has 0 aromatic heterocycles. The molecule has 0 saturated heterocycles. The summed E-state index contributed by atoms with van der Waals surface area (Å²) in [6.07, 6.45) is 0. The first kappa shape index (κ1) is 16.0. The number of hydrogen-bond donors (Lipinski definition) is 0. The van der Waals surface area contributed by atoms with Crippen LogP contribution in [0.15, 0.2) is 23.4 Å². The molecule has 0 aliphatic rings. The second-order valence-corrected chi connectivity index (χ2v) is 5.37. The van der Waals surface area contributed by atoms with Crippen molar-refractivity contribution in [2.75, 3.05) is 14.2 Å². The first-order valence-electron chi connectivity index (χ1n) is 6.28. The molecule has 0 saturated carbocycles. The molecule has 0 bridgehead atoms. The molecule has 110 valence electrons. The van der Waals surface area contributed by atoms with Gasteiger partial charge in [0.15, 0.2) is 0 Å². The number of oxime groups is 1. The van der Waals surface area contributed by atoms with Gasteiger partial charge in [0.1, 0.15) is 11.5 Å². The fourth-order valence-electron chi connectivity index (χ4n) is 1.39. The molecule has 5 heteroatoms. The summed E-state index contributed by atoms with van der Waals surface area (Å²) in [5, 5.41) is 3.87. The van der Waals surface area contributed by atoms with Crippen LogP contribution < -0.4 is 9.47 Å². The molecule has 1 aromatic rings. The molecule has 0 aliphatic carbocycles. The first-order valence-corrected chi connectivity index (χ1v) is 6.28. The highest BCUT2D eigenvalue weighted by Crippen LogP contribution is 2.25. The average Bonchev–Trinajstić information content (AvgIpc) is 2.42. The number of methoxy groups -OCH3 is 2. The largest absolute Gasteiger partial charge is 0.497 e. The van der Waals surface area contributed by atoms with Crippen LogP contribution in [0.1, 0.15) is 33.3 Å². The minimum Gasteiger partial charge on any atom is -0.497 e. The Balaban J connectivity index is 2.97. The van der Waals surface area contributed by atoms with E-state index >= 15 is 0 Å². The Bertz CT molecular complexity index is 515. The van der Waals surface area contributed by atoms with Gasteiger partial charge in [0.25, 0.3) is 0 Å². The van der Waals surface area contributed by atoms with Crippen molar-refractivity contribution < 1.29 is 19.1 Å². The zero-order valence-corrected chi connectivity index (χ0v) is 12.8. The molecule has 1 rings (SSSR count). The van der Waals surface area contributed by atoms with Crippen LogP contribution in [0.4, 0.5) is 0 Å². The van der Waals surface area contributed by atoms with Gasteiger partial charge in [-0.3, -0.25) is 0 Å². The second kappa shape index (κ2) is 6.41. The van der Waals surface area contributed by atoms with Gasteiger partial charge in [-0.1, -0.05) is 5.16 Å². The van der Waals surface area contributed by atoms with Gasteiger partial charge in [-0.15, -0.1) is 0 Å². The van der Waals surface area contributed by atoms with Crippen molar-refractivity contribution in [1.82, 2.24) is 0 Å². The Morgan fingerprint density at radius 3 is 2.30 bits per heavy atom. The number of hydrogen-bond acceptors (Lipinski definition) is 5. The van der Waals surface area contributed by atoms with Gasteiger partial charge in [0.05, 0.1) is 25.3 Å². The Morgan fingerprint density at radius 2 is 1.80 bits per heavy atom. The molecule has 0 atom stereocenters. The molecule has 0 aliphatic heterocycles. The van der Waals surface area contributed by atoms with E-state index in [2.05, 4.69) is 5.16 Å². The van der Waals surface area contributed by atoms with E-state index in [0.717, 1.165) is 5.56 Å². The van der Waals surface area contributed by atoms with Crippen molar-refractivity contribution in [2.24, 2.45) is 10.6 Å². The number of benzene rings is 1. The van der Waals surface area contributed by atoms with Gasteiger partial charge in [-0.05, 0) is 39.8 Å². The Hall–Kier alpha value is -2.04. The van der Waals surface area contributed by atoms with Crippen molar-refractivity contribution in [1.29, 1.82) is 0 Å². The maximum atomic E-state index is 11.7. The SMILES string of the molecule is COc1ccc(/C(C)=N/OC(=O)C(C)(C)C)c(OC)c1. The molecule has 0 N–H and O–H groups in total. The van der Waals surface area contributed by atoms with E-state index in [0.29, 0.717) is 17.2 Å². The number of carbonyl (C=O) groups excluding carboxylic acids is 1. The topological polar surface area (TPSA) is 57.1 Å². The third kappa shape index (κ3) is 3.98. The van der Waals surface area contributed by atoms with Crippen molar-refractivity contribution in [3.63, 3.8) is 0 Å². The molecule has 0 amide bonds. The molecule has 0 spiro atoms. The lowest BCUT2D eigenvalue weighted by Gasteiger charge is -2.14. The summed E-state index contributed by atoms with van der Waals surface area (Å²) in [5.74, 6) is 0.909. The molecule has 0 fully saturated rings. The van der Waals surface area contributed by atoms with Gasteiger partial charge >= 0.3 is 5.97 Å². The predicted octanol–water partition coefficient (Wildman–Crippen LogP) is 3.02. The minimum atomic E-state index is -0.590. The molecular formula is C15H21NO4. The number of ether oxygens (including phenoxy) is 2. The lowest BCUT2D eigenvalue weighted by Crippen LogP contribution is -2.21. The van der Waals surface area contributed by atoms with Gasteiger partial charge in [0.2, 0.25) is 0 Å². The maximum absolute atomic E-state index is 11.7. The first-order chi connectivity index (χ1) is 9.29. The van der Waals surface area contributed by atoms with Gasteiger partial charge in [-0.25, -0.2) is 4.79 Å². The number of nitrogens with zero attached hydrogens (tertiary/aromatic N) is 1. The van der Waals surface area contributed by atoms with Gasteiger partial charge in [-0.2, -0.15) is 0 Å². The summed E-state index contributed by atoms with van der Waals surface area (Å²) in [6, 6.07) is 5.35. The lowest BCUT2D eigenvalue weighted by atomic mass is 9.98. The fourth-order valence-corrected chi connectivity index (χ4v) is 1.39. The summed E-state index contributed by atoms with van der Waals surface area (Å²) in [4.78, 5) is 16.6. The van der Waals surface area contributed by atoms with E-state index in [9.17, 15) is 4.79 Å². The number of carbonyl (C=O) groups is 1. The van der Waals surface area contributed by atoms with E-state index < -0.39 is 5.41 Å². The molecule has 5 nitrogen and oxygen atoms in total. The Labute approximate surface area is 119 Å². The summed E-state index contributed by atoms with van der Waals surface area (Å²) >= 11 is 0. The van der Waals surface area contributed by atoms with Crippen LogP contribution in [0.3, 0.4) is 0 Å². The molecular weight excluding hydrogens is 258 g/mol. The molecule has 1 aromatic carbocycles. The van der Waals surface area contributed by atoms with E-state index in [1.165, 1.54) is 0 Å². The summed E-state index contributed by atoms with van der Waals surface area (Å²) in [5.41, 5.74) is 0.713. The van der Waals surface area contributed by atoms with E-state index in [4.69, 9.17) is 14.3 Å². The standard InChI is InChI=1S/C15H21NO4/c1-10(16-20-14(17)15(2,3)4)12-8-7-11(18-5)9-13(12)19-6/h7-9H,1-6H3/b16-10+. The quantitative estimate of drug-likeness (QED) is 0.483. The summed E-state index contributed by atoms with van der Waals surface area (Å²) in [6.45, 7) is 7.07. The Kier molecular flexibility index (Phi) is 5.13. The van der Waals surface area contributed by atoms with Crippen LogP contribution >= 0.6 is 0 Å². The predicted molar refractivity (Wildman–Crippen MR) is 77.3 cm³/mol. The van der Waals surface area contributed by atoms with Crippen LogP contribution in [0.5, 0.6) is 11.5 Å². The Morgan fingerprint density at radius 1 is 1.15 bits per heavy atom. The van der Waals surface area contributed by atoms with Crippen LogP contribution in [-0.2, 0) is 9.63 Å². The van der Waals surface area contributed by atoms with Crippen LogP contribution in [0.2, 0.25) is 0 Å². The zero-order valence-electron chi connectivity index (χ0n) is 12.8. The maximum Gasteiger partial charge on any atom is 0.340 e. The van der Waals surface area contributed by atoms with Crippen molar-refractivity contribution >= 4 is 11.7 Å². The highest BCUT2D eigenvalue weighted by molar-refractivity contribution is 6.01. The van der Waals surface area contributed by atoms with Crippen LogP contribution in [0, 0.1) is 5.41 Å². The second-order valence-electron chi connectivity index (χ2n) is 5.37. The monoisotopic (exact) mass is 279 g/mol. The van der Waals surface area contributed by atoms with Crippen molar-refractivity contribution in [2.45, 2.75) is 27.7 Å². The van der Waals surface area contributed by atoms with Crippen molar-refractivity contribution in [3.05, 3.63) is 23.8 Å².